The Bertz CT molecular complexity index is 452. The number of hydrogen-bond acceptors (Lipinski definition) is 3. The van der Waals surface area contributed by atoms with E-state index in [4.69, 9.17) is 11.6 Å². The van der Waals surface area contributed by atoms with E-state index < -0.39 is 0 Å². The number of nitrogens with zero attached hydrogens (tertiary/aromatic N) is 2. The lowest BCUT2D eigenvalue weighted by atomic mass is 9.63. The first kappa shape index (κ1) is 14.6. The zero-order valence-electron chi connectivity index (χ0n) is 12.5. The van der Waals surface area contributed by atoms with Crippen molar-refractivity contribution in [3.05, 3.63) is 17.0 Å². The van der Waals surface area contributed by atoms with Crippen molar-refractivity contribution < 1.29 is 0 Å². The van der Waals surface area contributed by atoms with Gasteiger partial charge in [0.1, 0.15) is 5.82 Å². The lowest BCUT2D eigenvalue weighted by Gasteiger charge is -2.45. The number of nitrogens with one attached hydrogen (secondary N) is 1. The summed E-state index contributed by atoms with van der Waals surface area (Å²) in [7, 11) is 0. The number of hydrogen-bond donors (Lipinski definition) is 1. The zero-order chi connectivity index (χ0) is 14.3. The van der Waals surface area contributed by atoms with Crippen LogP contribution in [0.1, 0.15) is 52.5 Å². The molecule has 1 saturated carbocycles. The van der Waals surface area contributed by atoms with Crippen LogP contribution in [0.5, 0.6) is 0 Å². The molecule has 1 N–H and O–H groups in total. The molecule has 2 rings (SSSR count). The summed E-state index contributed by atoms with van der Waals surface area (Å²) in [4.78, 5) is 8.31. The van der Waals surface area contributed by atoms with E-state index in [-0.39, 0.29) is 0 Å². The van der Waals surface area contributed by atoms with E-state index in [0.29, 0.717) is 22.2 Å². The molecule has 3 nitrogen and oxygen atoms in total. The second-order valence-corrected chi connectivity index (χ2v) is 7.76. The van der Waals surface area contributed by atoms with Crippen LogP contribution in [-0.2, 0) is 0 Å². The number of rotatable bonds is 2. The average Bonchev–Trinajstić information content (AvgIpc) is 2.18. The minimum atomic E-state index is 0.308. The number of halogens is 1. The highest BCUT2D eigenvalue weighted by Crippen LogP contribution is 2.46. The van der Waals surface area contributed by atoms with Gasteiger partial charge in [-0.1, -0.05) is 27.7 Å². The summed E-state index contributed by atoms with van der Waals surface area (Å²) in [5, 5.41) is 3.87. The van der Waals surface area contributed by atoms with Gasteiger partial charge < -0.3 is 5.32 Å². The quantitative estimate of drug-likeness (QED) is 0.814. The smallest absolute Gasteiger partial charge is 0.224 e. The van der Waals surface area contributed by atoms with Crippen LogP contribution in [0.25, 0.3) is 0 Å². The average molecular weight is 282 g/mol. The molecule has 0 aromatic carbocycles. The van der Waals surface area contributed by atoms with Crippen molar-refractivity contribution in [2.24, 2.45) is 10.8 Å². The van der Waals surface area contributed by atoms with Gasteiger partial charge >= 0.3 is 0 Å². The molecular weight excluding hydrogens is 258 g/mol. The Morgan fingerprint density at radius 1 is 1.21 bits per heavy atom. The van der Waals surface area contributed by atoms with Crippen molar-refractivity contribution in [3.63, 3.8) is 0 Å². The lowest BCUT2D eigenvalue weighted by molar-refractivity contribution is 0.105. The molecule has 1 aromatic rings. The first-order valence-corrected chi connectivity index (χ1v) is 7.30. The second-order valence-electron chi connectivity index (χ2n) is 7.43. The fourth-order valence-corrected chi connectivity index (χ4v) is 3.84. The van der Waals surface area contributed by atoms with Crippen LogP contribution in [0.2, 0.25) is 5.28 Å². The van der Waals surface area contributed by atoms with Gasteiger partial charge in [-0.25, -0.2) is 9.97 Å². The lowest BCUT2D eigenvalue weighted by Crippen LogP contribution is -2.40. The topological polar surface area (TPSA) is 37.8 Å². The molecular formula is C15H24ClN3. The van der Waals surface area contributed by atoms with Crippen molar-refractivity contribution in [2.75, 3.05) is 5.32 Å². The highest BCUT2D eigenvalue weighted by atomic mass is 35.5. The number of anilines is 1. The van der Waals surface area contributed by atoms with E-state index in [1.165, 1.54) is 6.42 Å². The molecule has 1 aliphatic rings. The molecule has 1 aromatic heterocycles. The third-order valence-electron chi connectivity index (χ3n) is 3.84. The molecule has 0 bridgehead atoms. The van der Waals surface area contributed by atoms with Gasteiger partial charge in [-0.15, -0.1) is 0 Å². The van der Waals surface area contributed by atoms with Crippen molar-refractivity contribution >= 4 is 17.4 Å². The molecule has 106 valence electrons. The Kier molecular flexibility index (Phi) is 3.78. The van der Waals surface area contributed by atoms with E-state index in [1.54, 1.807) is 6.20 Å². The molecule has 0 amide bonds. The van der Waals surface area contributed by atoms with Crippen LogP contribution < -0.4 is 5.32 Å². The minimum absolute atomic E-state index is 0.308. The van der Waals surface area contributed by atoms with Gasteiger partial charge in [0.25, 0.3) is 0 Å². The Balaban J connectivity index is 2.16. The highest BCUT2D eigenvalue weighted by molar-refractivity contribution is 6.28. The van der Waals surface area contributed by atoms with Crippen LogP contribution in [0.4, 0.5) is 5.82 Å². The predicted octanol–water partition coefficient (Wildman–Crippen LogP) is 4.46. The third kappa shape index (κ3) is 3.82. The third-order valence-corrected chi connectivity index (χ3v) is 4.02. The predicted molar refractivity (Wildman–Crippen MR) is 80.6 cm³/mol. The highest BCUT2D eigenvalue weighted by Gasteiger charge is 2.38. The van der Waals surface area contributed by atoms with Gasteiger partial charge in [0.2, 0.25) is 5.28 Å². The molecule has 4 heteroatoms. The monoisotopic (exact) mass is 281 g/mol. The van der Waals surface area contributed by atoms with E-state index in [2.05, 4.69) is 43.0 Å². The van der Waals surface area contributed by atoms with E-state index in [9.17, 15) is 0 Å². The van der Waals surface area contributed by atoms with Gasteiger partial charge in [0.05, 0.1) is 0 Å². The van der Waals surface area contributed by atoms with E-state index in [0.717, 1.165) is 24.2 Å². The molecule has 0 spiro atoms. The van der Waals surface area contributed by atoms with Gasteiger partial charge in [-0.05, 0) is 48.6 Å². The molecule has 0 unspecified atom stereocenters. The Morgan fingerprint density at radius 2 is 1.79 bits per heavy atom. The normalized spacial score (nSPS) is 22.2. The van der Waals surface area contributed by atoms with Gasteiger partial charge in [-0.2, -0.15) is 0 Å². The molecule has 1 fully saturated rings. The molecule has 19 heavy (non-hydrogen) atoms. The van der Waals surface area contributed by atoms with Crippen molar-refractivity contribution in [2.45, 2.75) is 59.9 Å². The first-order chi connectivity index (χ1) is 8.67. The Morgan fingerprint density at radius 3 is 2.37 bits per heavy atom. The maximum Gasteiger partial charge on any atom is 0.224 e. The fraction of sp³-hybridized carbons (Fsp3) is 0.733. The second kappa shape index (κ2) is 4.93. The van der Waals surface area contributed by atoms with E-state index in [1.807, 2.05) is 6.92 Å². The Hall–Kier alpha value is -0.830. The largest absolute Gasteiger partial charge is 0.367 e. The van der Waals surface area contributed by atoms with Gasteiger partial charge in [0, 0.05) is 17.8 Å². The molecule has 0 aliphatic heterocycles. The molecule has 0 radical (unpaired) electrons. The minimum Gasteiger partial charge on any atom is -0.367 e. The number of aromatic nitrogens is 2. The van der Waals surface area contributed by atoms with Crippen molar-refractivity contribution in [1.29, 1.82) is 0 Å². The SMILES string of the molecule is Cc1cnc(Cl)nc1NC1CC(C)(C)CC(C)(C)C1. The van der Waals surface area contributed by atoms with Crippen LogP contribution in [0.3, 0.4) is 0 Å². The summed E-state index contributed by atoms with van der Waals surface area (Å²) in [6, 6.07) is 0.448. The summed E-state index contributed by atoms with van der Waals surface area (Å²) in [5.41, 5.74) is 1.78. The summed E-state index contributed by atoms with van der Waals surface area (Å²) >= 11 is 5.88. The summed E-state index contributed by atoms with van der Waals surface area (Å²) < 4.78 is 0. The van der Waals surface area contributed by atoms with Crippen molar-refractivity contribution in [3.8, 4) is 0 Å². The van der Waals surface area contributed by atoms with Gasteiger partial charge in [0.15, 0.2) is 0 Å². The van der Waals surface area contributed by atoms with E-state index >= 15 is 0 Å². The molecule has 1 heterocycles. The molecule has 0 atom stereocenters. The fourth-order valence-electron chi connectivity index (χ4n) is 3.71. The number of aryl methyl sites for hydroxylation is 1. The molecule has 0 saturated heterocycles. The van der Waals surface area contributed by atoms with Crippen molar-refractivity contribution in [1.82, 2.24) is 9.97 Å². The van der Waals surface area contributed by atoms with Crippen LogP contribution in [0, 0.1) is 17.8 Å². The van der Waals surface area contributed by atoms with Crippen LogP contribution in [-0.4, -0.2) is 16.0 Å². The first-order valence-electron chi connectivity index (χ1n) is 6.93. The van der Waals surface area contributed by atoms with Gasteiger partial charge in [-0.3, -0.25) is 0 Å². The standard InChI is InChI=1S/C15H24ClN3/c1-10-8-17-13(16)19-12(10)18-11-6-14(2,3)9-15(4,5)7-11/h8,11H,6-7,9H2,1-5H3,(H,17,18,19). The molecule has 1 aliphatic carbocycles. The van der Waals surface area contributed by atoms with Crippen LogP contribution in [0.15, 0.2) is 6.20 Å². The summed E-state index contributed by atoms with van der Waals surface area (Å²) in [5.74, 6) is 0.874. The van der Waals surface area contributed by atoms with Crippen LogP contribution >= 0.6 is 11.6 Å². The summed E-state index contributed by atoms with van der Waals surface area (Å²) in [6.07, 6.45) is 5.37. The summed E-state index contributed by atoms with van der Waals surface area (Å²) in [6.45, 7) is 11.4. The zero-order valence-corrected chi connectivity index (χ0v) is 13.3. The maximum atomic E-state index is 5.88. The Labute approximate surface area is 121 Å². The maximum absolute atomic E-state index is 5.88.